The summed E-state index contributed by atoms with van der Waals surface area (Å²) in [7, 11) is 0. The molecule has 0 bridgehead atoms. The highest BCUT2D eigenvalue weighted by molar-refractivity contribution is 8.13. The van der Waals surface area contributed by atoms with E-state index < -0.39 is 0 Å². The van der Waals surface area contributed by atoms with Crippen molar-refractivity contribution in [3.05, 3.63) is 58.1 Å². The molecule has 0 aromatic heterocycles. The van der Waals surface area contributed by atoms with E-state index in [1.54, 1.807) is 18.2 Å². The molecule has 0 spiro atoms. The lowest BCUT2D eigenvalue weighted by molar-refractivity contribution is 0.478. The molecule has 2 aromatic rings. The maximum Gasteiger partial charge on any atom is 0.151 e. The number of nitrogens with two attached hydrogens (primary N) is 1. The number of thioether (sulfide) groups is 1. The van der Waals surface area contributed by atoms with E-state index in [2.05, 4.69) is 0 Å². The Morgan fingerprint density at radius 1 is 1.15 bits per heavy atom. The molecule has 0 heterocycles. The SMILES string of the molecule is N=C(N)SCc1ccccc1Oc1ccc(Cl)c(Cl)c1. The Bertz CT molecular complexity index is 634. The lowest BCUT2D eigenvalue weighted by atomic mass is 10.2. The Hall–Kier alpha value is -1.36. The maximum absolute atomic E-state index is 7.25. The van der Waals surface area contributed by atoms with Gasteiger partial charge in [-0.3, -0.25) is 5.41 Å². The van der Waals surface area contributed by atoms with Gasteiger partial charge in [-0.25, -0.2) is 0 Å². The number of ether oxygens (including phenoxy) is 1. The minimum absolute atomic E-state index is 0.0781. The monoisotopic (exact) mass is 326 g/mol. The van der Waals surface area contributed by atoms with Crippen LogP contribution in [-0.2, 0) is 5.75 Å². The van der Waals surface area contributed by atoms with E-state index in [0.717, 1.165) is 5.56 Å². The predicted octanol–water partition coefficient (Wildman–Crippen LogP) is 4.91. The van der Waals surface area contributed by atoms with Gasteiger partial charge in [-0.05, 0) is 18.2 Å². The van der Waals surface area contributed by atoms with Crippen LogP contribution in [0.15, 0.2) is 42.5 Å². The first kappa shape index (κ1) is 15.0. The third-order valence-electron chi connectivity index (χ3n) is 2.47. The van der Waals surface area contributed by atoms with Gasteiger partial charge in [-0.2, -0.15) is 0 Å². The number of amidine groups is 1. The number of hydrogen-bond donors (Lipinski definition) is 2. The molecule has 0 fully saturated rings. The summed E-state index contributed by atoms with van der Waals surface area (Å²) in [5.41, 5.74) is 6.31. The first-order chi connectivity index (χ1) is 9.56. The Kier molecular flexibility index (Phi) is 5.17. The predicted molar refractivity (Wildman–Crippen MR) is 86.2 cm³/mol. The quantitative estimate of drug-likeness (QED) is 0.619. The van der Waals surface area contributed by atoms with Crippen molar-refractivity contribution in [1.82, 2.24) is 0 Å². The van der Waals surface area contributed by atoms with Gasteiger partial charge in [-0.15, -0.1) is 0 Å². The van der Waals surface area contributed by atoms with E-state index >= 15 is 0 Å². The van der Waals surface area contributed by atoms with Gasteiger partial charge in [0, 0.05) is 17.4 Å². The van der Waals surface area contributed by atoms with Crippen LogP contribution in [0.1, 0.15) is 5.56 Å². The molecule has 3 N–H and O–H groups in total. The Balaban J connectivity index is 2.19. The fourth-order valence-corrected chi connectivity index (χ4v) is 2.38. The summed E-state index contributed by atoms with van der Waals surface area (Å²) < 4.78 is 5.81. The minimum atomic E-state index is 0.0781. The largest absolute Gasteiger partial charge is 0.457 e. The first-order valence-corrected chi connectivity index (χ1v) is 7.48. The fourth-order valence-electron chi connectivity index (χ4n) is 1.55. The van der Waals surface area contributed by atoms with Crippen LogP contribution >= 0.6 is 35.0 Å². The lowest BCUT2D eigenvalue weighted by Gasteiger charge is -2.11. The van der Waals surface area contributed by atoms with Crippen molar-refractivity contribution >= 4 is 40.1 Å². The van der Waals surface area contributed by atoms with Crippen LogP contribution in [0.2, 0.25) is 10.0 Å². The van der Waals surface area contributed by atoms with Crippen molar-refractivity contribution in [3.63, 3.8) is 0 Å². The zero-order chi connectivity index (χ0) is 14.5. The van der Waals surface area contributed by atoms with Gasteiger partial charge >= 0.3 is 0 Å². The molecule has 0 aliphatic rings. The second-order valence-electron chi connectivity index (χ2n) is 3.94. The number of halogens is 2. The standard InChI is InChI=1S/C14H12Cl2N2OS/c15-11-6-5-10(7-12(11)16)19-13-4-2-1-3-9(13)8-20-14(17)18/h1-7H,8H2,(H3,17,18). The zero-order valence-electron chi connectivity index (χ0n) is 10.4. The molecule has 0 unspecified atom stereocenters. The molecule has 0 atom stereocenters. The Morgan fingerprint density at radius 3 is 2.60 bits per heavy atom. The minimum Gasteiger partial charge on any atom is -0.457 e. The highest BCUT2D eigenvalue weighted by atomic mass is 35.5. The molecule has 20 heavy (non-hydrogen) atoms. The van der Waals surface area contributed by atoms with Crippen LogP contribution in [0.4, 0.5) is 0 Å². The summed E-state index contributed by atoms with van der Waals surface area (Å²) >= 11 is 13.1. The van der Waals surface area contributed by atoms with E-state index in [0.29, 0.717) is 27.3 Å². The number of hydrogen-bond acceptors (Lipinski definition) is 3. The summed E-state index contributed by atoms with van der Waals surface area (Å²) in [5.74, 6) is 1.90. The van der Waals surface area contributed by atoms with Crippen LogP contribution in [0.3, 0.4) is 0 Å². The molecule has 6 heteroatoms. The normalized spacial score (nSPS) is 10.3. The van der Waals surface area contributed by atoms with E-state index in [9.17, 15) is 0 Å². The van der Waals surface area contributed by atoms with Crippen LogP contribution in [0, 0.1) is 5.41 Å². The van der Waals surface area contributed by atoms with E-state index in [4.69, 9.17) is 39.1 Å². The summed E-state index contributed by atoms with van der Waals surface area (Å²) in [5, 5.41) is 8.26. The van der Waals surface area contributed by atoms with Crippen LogP contribution < -0.4 is 10.5 Å². The van der Waals surface area contributed by atoms with Gasteiger partial charge in [0.15, 0.2) is 5.17 Å². The maximum atomic E-state index is 7.25. The van der Waals surface area contributed by atoms with Gasteiger partial charge in [0.25, 0.3) is 0 Å². The molecule has 0 saturated carbocycles. The third-order valence-corrected chi connectivity index (χ3v) is 3.98. The topological polar surface area (TPSA) is 59.1 Å². The smallest absolute Gasteiger partial charge is 0.151 e. The summed E-state index contributed by atoms with van der Waals surface area (Å²) in [6.45, 7) is 0. The highest BCUT2D eigenvalue weighted by Crippen LogP contribution is 2.32. The molecule has 2 rings (SSSR count). The van der Waals surface area contributed by atoms with Gasteiger partial charge in [0.05, 0.1) is 10.0 Å². The van der Waals surface area contributed by atoms with Crippen molar-refractivity contribution in [2.24, 2.45) is 5.73 Å². The Morgan fingerprint density at radius 2 is 1.90 bits per heavy atom. The molecule has 104 valence electrons. The molecule has 0 aliphatic carbocycles. The van der Waals surface area contributed by atoms with Crippen molar-refractivity contribution in [3.8, 4) is 11.5 Å². The van der Waals surface area contributed by atoms with Gasteiger partial charge in [0.1, 0.15) is 11.5 Å². The van der Waals surface area contributed by atoms with Gasteiger partial charge in [-0.1, -0.05) is 53.2 Å². The van der Waals surface area contributed by atoms with E-state index in [1.165, 1.54) is 11.8 Å². The Labute approximate surface area is 131 Å². The fraction of sp³-hybridized carbons (Fsp3) is 0.0714. The molecule has 0 aliphatic heterocycles. The lowest BCUT2D eigenvalue weighted by Crippen LogP contribution is -2.04. The summed E-state index contributed by atoms with van der Waals surface area (Å²) in [6, 6.07) is 12.7. The first-order valence-electron chi connectivity index (χ1n) is 5.74. The number of nitrogens with one attached hydrogen (secondary N) is 1. The third kappa shape index (κ3) is 4.07. The number of rotatable bonds is 4. The average Bonchev–Trinajstić information content (AvgIpc) is 2.42. The molecule has 0 radical (unpaired) electrons. The molecule has 3 nitrogen and oxygen atoms in total. The van der Waals surface area contributed by atoms with Crippen molar-refractivity contribution < 1.29 is 4.74 Å². The van der Waals surface area contributed by atoms with Crippen LogP contribution in [-0.4, -0.2) is 5.17 Å². The molecule has 0 amide bonds. The number of benzene rings is 2. The average molecular weight is 327 g/mol. The zero-order valence-corrected chi connectivity index (χ0v) is 12.7. The molecule has 0 saturated heterocycles. The van der Waals surface area contributed by atoms with Crippen molar-refractivity contribution in [2.75, 3.05) is 0 Å². The second kappa shape index (κ2) is 6.88. The van der Waals surface area contributed by atoms with Crippen LogP contribution in [0.5, 0.6) is 11.5 Å². The van der Waals surface area contributed by atoms with Crippen LogP contribution in [0.25, 0.3) is 0 Å². The highest BCUT2D eigenvalue weighted by Gasteiger charge is 2.07. The summed E-state index contributed by atoms with van der Waals surface area (Å²) in [4.78, 5) is 0. The van der Waals surface area contributed by atoms with Crippen molar-refractivity contribution in [1.29, 1.82) is 5.41 Å². The van der Waals surface area contributed by atoms with Gasteiger partial charge < -0.3 is 10.5 Å². The second-order valence-corrected chi connectivity index (χ2v) is 5.77. The molecule has 2 aromatic carbocycles. The summed E-state index contributed by atoms with van der Waals surface area (Å²) in [6.07, 6.45) is 0. The van der Waals surface area contributed by atoms with E-state index in [-0.39, 0.29) is 5.17 Å². The molecular weight excluding hydrogens is 315 g/mol. The van der Waals surface area contributed by atoms with Gasteiger partial charge in [0.2, 0.25) is 0 Å². The molecular formula is C14H12Cl2N2OS. The van der Waals surface area contributed by atoms with E-state index in [1.807, 2.05) is 24.3 Å². The number of para-hydroxylation sites is 1. The van der Waals surface area contributed by atoms with Crippen molar-refractivity contribution in [2.45, 2.75) is 5.75 Å².